The number of aliphatic hydroxyl groups is 1. The Balaban J connectivity index is 1.72. The van der Waals surface area contributed by atoms with E-state index in [1.165, 1.54) is 0 Å². The van der Waals surface area contributed by atoms with Gasteiger partial charge in [-0.25, -0.2) is 4.98 Å². The number of pyridine rings is 1. The molecule has 1 N–H and O–H groups in total. The van der Waals surface area contributed by atoms with E-state index in [0.717, 1.165) is 17.3 Å². The topological polar surface area (TPSA) is 86.2 Å². The molecule has 1 saturated heterocycles. The predicted molar refractivity (Wildman–Crippen MR) is 75.6 cm³/mol. The molecular weight excluding hydrogens is 268 g/mol. The number of anilines is 1. The molecule has 108 valence electrons. The van der Waals surface area contributed by atoms with E-state index in [0.29, 0.717) is 25.2 Å². The molecule has 1 aliphatic heterocycles. The van der Waals surface area contributed by atoms with Crippen LogP contribution in [0, 0.1) is 24.2 Å². The van der Waals surface area contributed by atoms with Crippen molar-refractivity contribution in [3.63, 3.8) is 0 Å². The lowest BCUT2D eigenvalue weighted by Gasteiger charge is -2.16. The first-order valence-corrected chi connectivity index (χ1v) is 6.88. The van der Waals surface area contributed by atoms with E-state index in [1.54, 1.807) is 12.1 Å². The van der Waals surface area contributed by atoms with Crippen molar-refractivity contribution in [3.05, 3.63) is 41.4 Å². The molecule has 0 bridgehead atoms. The summed E-state index contributed by atoms with van der Waals surface area (Å²) >= 11 is 0. The van der Waals surface area contributed by atoms with E-state index in [9.17, 15) is 5.11 Å². The standard InChI is InChI=1S/C15H16N4O2/c1-10-5-13(21-18-10)6-11-8-19(9-14(11)20)15-4-2-3-12(7-16)17-15/h2-5,11,14,20H,6,8-9H2,1H3/t11-,14+/m1/s1. The maximum Gasteiger partial charge on any atom is 0.142 e. The minimum absolute atomic E-state index is 0.0740. The van der Waals surface area contributed by atoms with Crippen LogP contribution in [-0.2, 0) is 6.42 Å². The van der Waals surface area contributed by atoms with Crippen molar-refractivity contribution in [2.75, 3.05) is 18.0 Å². The van der Waals surface area contributed by atoms with Crippen LogP contribution in [0.2, 0.25) is 0 Å². The Labute approximate surface area is 122 Å². The van der Waals surface area contributed by atoms with Crippen LogP contribution in [0.15, 0.2) is 28.8 Å². The lowest BCUT2D eigenvalue weighted by Crippen LogP contribution is -2.22. The zero-order valence-corrected chi connectivity index (χ0v) is 11.7. The maximum atomic E-state index is 10.2. The second-order valence-corrected chi connectivity index (χ2v) is 5.36. The van der Waals surface area contributed by atoms with Crippen LogP contribution in [0.4, 0.5) is 5.82 Å². The van der Waals surface area contributed by atoms with Gasteiger partial charge < -0.3 is 14.5 Å². The van der Waals surface area contributed by atoms with Gasteiger partial charge in [-0.15, -0.1) is 0 Å². The number of rotatable bonds is 3. The van der Waals surface area contributed by atoms with Gasteiger partial charge >= 0.3 is 0 Å². The van der Waals surface area contributed by atoms with E-state index in [2.05, 4.69) is 10.1 Å². The third-order valence-corrected chi connectivity index (χ3v) is 3.72. The zero-order chi connectivity index (χ0) is 14.8. The summed E-state index contributed by atoms with van der Waals surface area (Å²) in [5.41, 5.74) is 1.23. The van der Waals surface area contributed by atoms with E-state index in [-0.39, 0.29) is 5.92 Å². The number of aliphatic hydroxyl groups excluding tert-OH is 1. The number of hydrogen-bond donors (Lipinski definition) is 1. The average Bonchev–Trinajstić information content (AvgIpc) is 3.06. The molecule has 0 amide bonds. The second kappa shape index (κ2) is 5.54. The largest absolute Gasteiger partial charge is 0.391 e. The summed E-state index contributed by atoms with van der Waals surface area (Å²) in [6, 6.07) is 9.26. The molecule has 3 rings (SSSR count). The van der Waals surface area contributed by atoms with Gasteiger partial charge in [0.15, 0.2) is 0 Å². The summed E-state index contributed by atoms with van der Waals surface area (Å²) in [6.07, 6.45) is 0.208. The average molecular weight is 284 g/mol. The number of aromatic nitrogens is 2. The molecule has 2 aromatic rings. The van der Waals surface area contributed by atoms with Gasteiger partial charge in [0.05, 0.1) is 11.8 Å². The summed E-state index contributed by atoms with van der Waals surface area (Å²) in [5.74, 6) is 1.59. The van der Waals surface area contributed by atoms with Crippen LogP contribution in [0.3, 0.4) is 0 Å². The van der Waals surface area contributed by atoms with Crippen molar-refractivity contribution < 1.29 is 9.63 Å². The Morgan fingerprint density at radius 1 is 1.48 bits per heavy atom. The molecular formula is C15H16N4O2. The normalized spacial score (nSPS) is 21.5. The molecule has 6 heteroatoms. The zero-order valence-electron chi connectivity index (χ0n) is 11.7. The minimum Gasteiger partial charge on any atom is -0.391 e. The van der Waals surface area contributed by atoms with Gasteiger partial charge in [-0.05, 0) is 19.1 Å². The molecule has 2 aromatic heterocycles. The highest BCUT2D eigenvalue weighted by atomic mass is 16.5. The fraction of sp³-hybridized carbons (Fsp3) is 0.400. The van der Waals surface area contributed by atoms with Gasteiger partial charge in [0.1, 0.15) is 23.3 Å². The number of aryl methyl sites for hydroxylation is 1. The van der Waals surface area contributed by atoms with Crippen molar-refractivity contribution in [2.45, 2.75) is 19.4 Å². The number of hydrogen-bond acceptors (Lipinski definition) is 6. The molecule has 0 aromatic carbocycles. The molecule has 0 aliphatic carbocycles. The first kappa shape index (κ1) is 13.6. The Kier molecular flexibility index (Phi) is 3.59. The van der Waals surface area contributed by atoms with Gasteiger partial charge in [0.25, 0.3) is 0 Å². The first-order chi connectivity index (χ1) is 10.2. The quantitative estimate of drug-likeness (QED) is 0.914. The monoisotopic (exact) mass is 284 g/mol. The highest BCUT2D eigenvalue weighted by molar-refractivity contribution is 5.43. The molecule has 6 nitrogen and oxygen atoms in total. The summed E-state index contributed by atoms with van der Waals surface area (Å²) in [6.45, 7) is 3.07. The summed E-state index contributed by atoms with van der Waals surface area (Å²) in [5, 5.41) is 23.0. The van der Waals surface area contributed by atoms with Crippen LogP contribution < -0.4 is 4.90 Å². The van der Waals surface area contributed by atoms with Crippen LogP contribution >= 0.6 is 0 Å². The second-order valence-electron chi connectivity index (χ2n) is 5.36. The minimum atomic E-state index is -0.442. The smallest absolute Gasteiger partial charge is 0.142 e. The third kappa shape index (κ3) is 2.88. The Morgan fingerprint density at radius 3 is 3.05 bits per heavy atom. The Bertz CT molecular complexity index is 676. The van der Waals surface area contributed by atoms with Crippen molar-refractivity contribution in [2.24, 2.45) is 5.92 Å². The van der Waals surface area contributed by atoms with Crippen LogP contribution in [0.5, 0.6) is 0 Å². The highest BCUT2D eigenvalue weighted by Crippen LogP contribution is 2.25. The Hall–Kier alpha value is -2.39. The van der Waals surface area contributed by atoms with E-state index in [1.807, 2.05) is 30.0 Å². The highest BCUT2D eigenvalue weighted by Gasteiger charge is 2.33. The van der Waals surface area contributed by atoms with E-state index >= 15 is 0 Å². The van der Waals surface area contributed by atoms with Crippen molar-refractivity contribution in [3.8, 4) is 6.07 Å². The molecule has 0 unspecified atom stereocenters. The summed E-state index contributed by atoms with van der Waals surface area (Å²) in [4.78, 5) is 6.27. The molecule has 0 saturated carbocycles. The van der Waals surface area contributed by atoms with Crippen LogP contribution in [0.1, 0.15) is 17.1 Å². The van der Waals surface area contributed by atoms with Gasteiger partial charge in [-0.2, -0.15) is 5.26 Å². The van der Waals surface area contributed by atoms with E-state index < -0.39 is 6.10 Å². The number of nitrogens with zero attached hydrogens (tertiary/aromatic N) is 4. The molecule has 2 atom stereocenters. The third-order valence-electron chi connectivity index (χ3n) is 3.72. The molecule has 21 heavy (non-hydrogen) atoms. The lowest BCUT2D eigenvalue weighted by atomic mass is 10.0. The summed E-state index contributed by atoms with van der Waals surface area (Å²) in [7, 11) is 0. The number of nitriles is 1. The fourth-order valence-electron chi connectivity index (χ4n) is 2.67. The van der Waals surface area contributed by atoms with Crippen LogP contribution in [0.25, 0.3) is 0 Å². The molecule has 0 radical (unpaired) electrons. The SMILES string of the molecule is Cc1cc(C[C@@H]2CN(c3cccc(C#N)n3)C[C@@H]2O)on1. The molecule has 3 heterocycles. The predicted octanol–water partition coefficient (Wildman–Crippen LogP) is 1.29. The molecule has 1 aliphatic rings. The van der Waals surface area contributed by atoms with E-state index in [4.69, 9.17) is 9.78 Å². The van der Waals surface area contributed by atoms with Gasteiger partial charge in [-0.3, -0.25) is 0 Å². The lowest BCUT2D eigenvalue weighted by molar-refractivity contribution is 0.143. The van der Waals surface area contributed by atoms with Crippen LogP contribution in [-0.4, -0.2) is 34.4 Å². The number of β-amino-alcohol motifs (C(OH)–C–C–N with tert-alkyl or cyclic N) is 1. The van der Waals surface area contributed by atoms with Crippen molar-refractivity contribution >= 4 is 5.82 Å². The maximum absolute atomic E-state index is 10.2. The van der Waals surface area contributed by atoms with Crippen molar-refractivity contribution in [1.82, 2.24) is 10.1 Å². The summed E-state index contributed by atoms with van der Waals surface area (Å²) < 4.78 is 5.21. The molecule has 0 spiro atoms. The van der Waals surface area contributed by atoms with Gasteiger partial charge in [0.2, 0.25) is 0 Å². The van der Waals surface area contributed by atoms with Gasteiger partial charge in [0, 0.05) is 31.5 Å². The molecule has 1 fully saturated rings. The first-order valence-electron chi connectivity index (χ1n) is 6.88. The fourth-order valence-corrected chi connectivity index (χ4v) is 2.67. The van der Waals surface area contributed by atoms with Gasteiger partial charge in [-0.1, -0.05) is 11.2 Å². The Morgan fingerprint density at radius 2 is 2.33 bits per heavy atom. The van der Waals surface area contributed by atoms with Crippen molar-refractivity contribution in [1.29, 1.82) is 5.26 Å².